The summed E-state index contributed by atoms with van der Waals surface area (Å²) in [5, 5.41) is 12.6. The molecule has 0 saturated heterocycles. The van der Waals surface area contributed by atoms with Crippen LogP contribution in [0.4, 0.5) is 5.69 Å². The number of carbonyl (C=O) groups is 1. The lowest BCUT2D eigenvalue weighted by Crippen LogP contribution is -2.15. The molecule has 0 bridgehead atoms. The van der Waals surface area contributed by atoms with E-state index in [0.717, 1.165) is 36.8 Å². The van der Waals surface area contributed by atoms with Crippen molar-refractivity contribution in [3.8, 4) is 5.75 Å². The molecule has 2 aromatic rings. The van der Waals surface area contributed by atoms with Gasteiger partial charge < -0.3 is 14.6 Å². The van der Waals surface area contributed by atoms with Crippen LogP contribution in [-0.2, 0) is 17.8 Å². The second-order valence-electron chi connectivity index (χ2n) is 5.54. The normalized spacial score (nSPS) is 13.9. The number of hydrogen-bond acceptors (Lipinski definition) is 5. The number of hydrogen-bond donors (Lipinski definition) is 1. The van der Waals surface area contributed by atoms with E-state index in [1.807, 2.05) is 0 Å². The Kier molecular flexibility index (Phi) is 5.63. The Bertz CT molecular complexity index is 735. The number of amides is 1. The van der Waals surface area contributed by atoms with E-state index >= 15 is 0 Å². The third-order valence-electron chi connectivity index (χ3n) is 3.84. The maximum absolute atomic E-state index is 12.2. The summed E-state index contributed by atoms with van der Waals surface area (Å²) >= 11 is 7.38. The average molecular weight is 367 g/mol. The smallest absolute Gasteiger partial charge is 0.234 e. The van der Waals surface area contributed by atoms with Gasteiger partial charge in [-0.1, -0.05) is 29.8 Å². The average Bonchev–Trinajstić information content (AvgIpc) is 2.80. The van der Waals surface area contributed by atoms with Crippen LogP contribution in [0.25, 0.3) is 0 Å². The SMILES string of the molecule is COc1ccc(Cl)cc1NC(=O)CSc1nnc2n1CCCCC2. The fourth-order valence-electron chi connectivity index (χ4n) is 2.66. The van der Waals surface area contributed by atoms with Crippen molar-refractivity contribution in [2.24, 2.45) is 0 Å². The largest absolute Gasteiger partial charge is 0.495 e. The van der Waals surface area contributed by atoms with Crippen LogP contribution in [0.1, 0.15) is 25.1 Å². The summed E-state index contributed by atoms with van der Waals surface area (Å²) in [6.07, 6.45) is 4.45. The molecule has 0 aliphatic carbocycles. The van der Waals surface area contributed by atoms with Crippen molar-refractivity contribution in [2.75, 3.05) is 18.2 Å². The van der Waals surface area contributed by atoms with Crippen molar-refractivity contribution in [1.82, 2.24) is 14.8 Å². The monoisotopic (exact) mass is 366 g/mol. The zero-order valence-corrected chi connectivity index (χ0v) is 15.0. The molecule has 3 rings (SSSR count). The number of benzene rings is 1. The molecular formula is C16H19ClN4O2S. The van der Waals surface area contributed by atoms with Gasteiger partial charge in [-0.05, 0) is 31.0 Å². The molecule has 0 spiro atoms. The van der Waals surface area contributed by atoms with Crippen molar-refractivity contribution in [3.05, 3.63) is 29.0 Å². The molecule has 24 heavy (non-hydrogen) atoms. The number of rotatable bonds is 5. The number of ether oxygens (including phenoxy) is 1. The van der Waals surface area contributed by atoms with E-state index in [1.165, 1.54) is 18.2 Å². The fourth-order valence-corrected chi connectivity index (χ4v) is 3.61. The summed E-state index contributed by atoms with van der Waals surface area (Å²) in [5.74, 6) is 1.72. The molecule has 0 unspecified atom stereocenters. The molecule has 1 aromatic carbocycles. The van der Waals surface area contributed by atoms with E-state index < -0.39 is 0 Å². The van der Waals surface area contributed by atoms with Gasteiger partial charge in [0.05, 0.1) is 18.6 Å². The predicted molar refractivity (Wildman–Crippen MR) is 94.9 cm³/mol. The van der Waals surface area contributed by atoms with E-state index in [-0.39, 0.29) is 11.7 Å². The molecular weight excluding hydrogens is 348 g/mol. The van der Waals surface area contributed by atoms with E-state index in [1.54, 1.807) is 25.3 Å². The van der Waals surface area contributed by atoms with E-state index in [0.29, 0.717) is 16.5 Å². The number of aromatic nitrogens is 3. The van der Waals surface area contributed by atoms with Gasteiger partial charge in [-0.15, -0.1) is 10.2 Å². The Balaban J connectivity index is 1.62. The molecule has 0 fully saturated rings. The molecule has 0 radical (unpaired) electrons. The van der Waals surface area contributed by atoms with Gasteiger partial charge in [-0.25, -0.2) is 0 Å². The summed E-state index contributed by atoms with van der Waals surface area (Å²) in [5.41, 5.74) is 0.565. The van der Waals surface area contributed by atoms with Gasteiger partial charge in [-0.2, -0.15) is 0 Å². The molecule has 6 nitrogen and oxygen atoms in total. The van der Waals surface area contributed by atoms with E-state index in [2.05, 4.69) is 20.1 Å². The quantitative estimate of drug-likeness (QED) is 0.821. The standard InChI is InChI=1S/C16H19ClN4O2S/c1-23-13-7-6-11(17)9-12(13)18-15(22)10-24-16-20-19-14-5-3-2-4-8-21(14)16/h6-7,9H,2-5,8,10H2,1H3,(H,18,22). The topological polar surface area (TPSA) is 69.0 Å². The molecule has 1 aliphatic heterocycles. The number of nitrogens with zero attached hydrogens (tertiary/aromatic N) is 3. The summed E-state index contributed by atoms with van der Waals surface area (Å²) in [6.45, 7) is 0.925. The molecule has 2 heterocycles. The minimum atomic E-state index is -0.133. The van der Waals surface area contributed by atoms with Crippen molar-refractivity contribution in [1.29, 1.82) is 0 Å². The van der Waals surface area contributed by atoms with E-state index in [4.69, 9.17) is 16.3 Å². The summed E-state index contributed by atoms with van der Waals surface area (Å²) in [4.78, 5) is 12.2. The molecule has 128 valence electrons. The number of fused-ring (bicyclic) bond motifs is 1. The lowest BCUT2D eigenvalue weighted by Gasteiger charge is -2.10. The number of aryl methyl sites for hydroxylation is 1. The summed E-state index contributed by atoms with van der Waals surface area (Å²) in [6, 6.07) is 5.12. The van der Waals surface area contributed by atoms with Gasteiger partial charge in [0.25, 0.3) is 0 Å². The van der Waals surface area contributed by atoms with Crippen LogP contribution in [0.3, 0.4) is 0 Å². The molecule has 1 N–H and O–H groups in total. The minimum Gasteiger partial charge on any atom is -0.495 e. The second-order valence-corrected chi connectivity index (χ2v) is 6.92. The summed E-state index contributed by atoms with van der Waals surface area (Å²) in [7, 11) is 1.55. The third-order valence-corrected chi connectivity index (χ3v) is 5.05. The summed E-state index contributed by atoms with van der Waals surface area (Å²) < 4.78 is 7.36. The van der Waals surface area contributed by atoms with E-state index in [9.17, 15) is 4.79 Å². The number of anilines is 1. The zero-order chi connectivity index (χ0) is 16.9. The predicted octanol–water partition coefficient (Wildman–Crippen LogP) is 3.40. The lowest BCUT2D eigenvalue weighted by atomic mass is 10.2. The highest BCUT2D eigenvalue weighted by atomic mass is 35.5. The van der Waals surface area contributed by atoms with Gasteiger partial charge in [0, 0.05) is 18.0 Å². The van der Waals surface area contributed by atoms with Crippen LogP contribution >= 0.6 is 23.4 Å². The first-order chi connectivity index (χ1) is 11.7. The maximum Gasteiger partial charge on any atom is 0.234 e. The first kappa shape index (κ1) is 17.1. The van der Waals surface area contributed by atoms with Crippen LogP contribution in [0.15, 0.2) is 23.4 Å². The molecule has 0 atom stereocenters. The van der Waals surface area contributed by atoms with Gasteiger partial charge in [0.2, 0.25) is 5.91 Å². The highest BCUT2D eigenvalue weighted by molar-refractivity contribution is 7.99. The minimum absolute atomic E-state index is 0.133. The molecule has 1 aromatic heterocycles. The third kappa shape index (κ3) is 4.02. The fraction of sp³-hybridized carbons (Fsp3) is 0.438. The Labute approximate surface area is 149 Å². The van der Waals surface area contributed by atoms with Gasteiger partial charge >= 0.3 is 0 Å². The zero-order valence-electron chi connectivity index (χ0n) is 13.4. The van der Waals surface area contributed by atoms with Crippen molar-refractivity contribution >= 4 is 35.0 Å². The van der Waals surface area contributed by atoms with Crippen LogP contribution in [0.5, 0.6) is 5.75 Å². The Morgan fingerprint density at radius 3 is 3.08 bits per heavy atom. The first-order valence-electron chi connectivity index (χ1n) is 7.85. The Hall–Kier alpha value is -1.73. The van der Waals surface area contributed by atoms with Gasteiger partial charge in [-0.3, -0.25) is 4.79 Å². The maximum atomic E-state index is 12.2. The van der Waals surface area contributed by atoms with Crippen molar-refractivity contribution in [3.63, 3.8) is 0 Å². The molecule has 1 amide bonds. The van der Waals surface area contributed by atoms with Crippen LogP contribution in [-0.4, -0.2) is 33.5 Å². The number of nitrogens with one attached hydrogen (secondary N) is 1. The number of thioether (sulfide) groups is 1. The van der Waals surface area contributed by atoms with Crippen LogP contribution in [0, 0.1) is 0 Å². The Morgan fingerprint density at radius 2 is 2.25 bits per heavy atom. The Morgan fingerprint density at radius 1 is 1.38 bits per heavy atom. The molecule has 0 saturated carbocycles. The molecule has 1 aliphatic rings. The van der Waals surface area contributed by atoms with Gasteiger partial charge in [0.15, 0.2) is 5.16 Å². The molecule has 8 heteroatoms. The number of carbonyl (C=O) groups excluding carboxylic acids is 1. The van der Waals surface area contributed by atoms with Crippen molar-refractivity contribution in [2.45, 2.75) is 37.4 Å². The highest BCUT2D eigenvalue weighted by Crippen LogP contribution is 2.28. The highest BCUT2D eigenvalue weighted by Gasteiger charge is 2.16. The second kappa shape index (κ2) is 7.90. The number of methoxy groups -OCH3 is 1. The van der Waals surface area contributed by atoms with Gasteiger partial charge in [0.1, 0.15) is 11.6 Å². The van der Waals surface area contributed by atoms with Crippen LogP contribution < -0.4 is 10.1 Å². The number of halogens is 1. The first-order valence-corrected chi connectivity index (χ1v) is 9.22. The van der Waals surface area contributed by atoms with Crippen LogP contribution in [0.2, 0.25) is 5.02 Å². The lowest BCUT2D eigenvalue weighted by molar-refractivity contribution is -0.113. The van der Waals surface area contributed by atoms with Crippen molar-refractivity contribution < 1.29 is 9.53 Å².